The lowest BCUT2D eigenvalue weighted by Gasteiger charge is -2.24. The molecule has 0 aliphatic heterocycles. The molecule has 1 atom stereocenters. The molecule has 0 saturated heterocycles. The molecule has 1 aromatic carbocycles. The lowest BCUT2D eigenvalue weighted by molar-refractivity contribution is -0.131. The Hall–Kier alpha value is -1.65. The first-order valence-corrected chi connectivity index (χ1v) is 5.99. The van der Waals surface area contributed by atoms with Gasteiger partial charge in [0.15, 0.2) is 0 Å². The Balaban J connectivity index is 2.74. The minimum Gasteiger partial charge on any atom is -0.374 e. The van der Waals surface area contributed by atoms with Gasteiger partial charge in [-0.05, 0) is 32.9 Å². The molecular formula is C13H18F2N2O. The van der Waals surface area contributed by atoms with Crippen molar-refractivity contribution in [1.29, 1.82) is 0 Å². The van der Waals surface area contributed by atoms with Crippen molar-refractivity contribution in [3.05, 3.63) is 29.8 Å². The third kappa shape index (κ3) is 3.68. The number of hydrogen-bond acceptors (Lipinski definition) is 2. The van der Waals surface area contributed by atoms with Crippen LogP contribution in [0.1, 0.15) is 20.8 Å². The average molecular weight is 256 g/mol. The highest BCUT2D eigenvalue weighted by Crippen LogP contribution is 2.14. The summed E-state index contributed by atoms with van der Waals surface area (Å²) >= 11 is 0. The normalized spacial score (nSPS) is 12.1. The van der Waals surface area contributed by atoms with Gasteiger partial charge >= 0.3 is 0 Å². The minimum atomic E-state index is -0.667. The van der Waals surface area contributed by atoms with E-state index in [1.54, 1.807) is 11.8 Å². The number of benzene rings is 1. The van der Waals surface area contributed by atoms with Crippen molar-refractivity contribution in [2.24, 2.45) is 0 Å². The van der Waals surface area contributed by atoms with Gasteiger partial charge in [0.05, 0.1) is 0 Å². The van der Waals surface area contributed by atoms with Gasteiger partial charge in [0.2, 0.25) is 5.91 Å². The van der Waals surface area contributed by atoms with Crippen LogP contribution >= 0.6 is 0 Å². The summed E-state index contributed by atoms with van der Waals surface area (Å²) in [5, 5.41) is 2.80. The molecule has 3 nitrogen and oxygen atoms in total. The summed E-state index contributed by atoms with van der Waals surface area (Å²) in [6.07, 6.45) is 0. The molecule has 0 aromatic heterocycles. The van der Waals surface area contributed by atoms with Gasteiger partial charge in [-0.3, -0.25) is 4.79 Å². The monoisotopic (exact) mass is 256 g/mol. The van der Waals surface area contributed by atoms with Crippen LogP contribution in [0.2, 0.25) is 0 Å². The average Bonchev–Trinajstić information content (AvgIpc) is 2.28. The molecule has 5 heteroatoms. The SMILES string of the molecule is CCN(CC)C(=O)C(C)Nc1cc(F)cc(F)c1. The highest BCUT2D eigenvalue weighted by Gasteiger charge is 2.18. The molecule has 1 amide bonds. The molecule has 100 valence electrons. The van der Waals surface area contributed by atoms with Gasteiger partial charge in [0.1, 0.15) is 17.7 Å². The molecule has 1 aromatic rings. The van der Waals surface area contributed by atoms with Gasteiger partial charge in [0.25, 0.3) is 0 Å². The molecule has 0 fully saturated rings. The molecule has 0 radical (unpaired) electrons. The van der Waals surface area contributed by atoms with E-state index < -0.39 is 17.7 Å². The van der Waals surface area contributed by atoms with Crippen molar-refractivity contribution in [2.75, 3.05) is 18.4 Å². The Labute approximate surface area is 106 Å². The molecule has 0 spiro atoms. The second-order valence-electron chi connectivity index (χ2n) is 4.03. The zero-order chi connectivity index (χ0) is 13.7. The van der Waals surface area contributed by atoms with Crippen LogP contribution in [-0.2, 0) is 4.79 Å². The molecule has 0 aliphatic carbocycles. The first-order valence-electron chi connectivity index (χ1n) is 5.99. The third-order valence-electron chi connectivity index (χ3n) is 2.69. The van der Waals surface area contributed by atoms with Crippen molar-refractivity contribution in [3.8, 4) is 0 Å². The molecule has 0 bridgehead atoms. The van der Waals surface area contributed by atoms with Crippen LogP contribution < -0.4 is 5.32 Å². The van der Waals surface area contributed by atoms with Crippen LogP contribution in [-0.4, -0.2) is 29.9 Å². The summed E-state index contributed by atoms with van der Waals surface area (Å²) in [4.78, 5) is 13.6. The van der Waals surface area contributed by atoms with E-state index in [9.17, 15) is 13.6 Å². The molecule has 0 aliphatic rings. The molecule has 1 N–H and O–H groups in total. The van der Waals surface area contributed by atoms with E-state index in [1.807, 2.05) is 13.8 Å². The number of anilines is 1. The zero-order valence-electron chi connectivity index (χ0n) is 10.8. The van der Waals surface area contributed by atoms with Crippen molar-refractivity contribution >= 4 is 11.6 Å². The summed E-state index contributed by atoms with van der Waals surface area (Å²) in [6.45, 7) is 6.66. The van der Waals surface area contributed by atoms with E-state index >= 15 is 0 Å². The lowest BCUT2D eigenvalue weighted by atomic mass is 10.2. The summed E-state index contributed by atoms with van der Waals surface area (Å²) in [7, 11) is 0. The maximum Gasteiger partial charge on any atom is 0.244 e. The van der Waals surface area contributed by atoms with E-state index in [-0.39, 0.29) is 11.6 Å². The van der Waals surface area contributed by atoms with Crippen LogP contribution in [0.4, 0.5) is 14.5 Å². The van der Waals surface area contributed by atoms with E-state index in [0.29, 0.717) is 13.1 Å². The second kappa shape index (κ2) is 6.33. The number of halogens is 2. The Morgan fingerprint density at radius 2 is 1.72 bits per heavy atom. The maximum atomic E-state index is 13.0. The van der Waals surface area contributed by atoms with Gasteiger partial charge in [-0.1, -0.05) is 0 Å². The largest absolute Gasteiger partial charge is 0.374 e. The fourth-order valence-electron chi connectivity index (χ4n) is 1.76. The maximum absolute atomic E-state index is 13.0. The van der Waals surface area contributed by atoms with Gasteiger partial charge < -0.3 is 10.2 Å². The molecule has 18 heavy (non-hydrogen) atoms. The number of nitrogens with zero attached hydrogens (tertiary/aromatic N) is 1. The molecule has 0 heterocycles. The Kier molecular flexibility index (Phi) is 5.07. The van der Waals surface area contributed by atoms with Crippen LogP contribution in [0.25, 0.3) is 0 Å². The van der Waals surface area contributed by atoms with Crippen molar-refractivity contribution in [3.63, 3.8) is 0 Å². The number of carbonyl (C=O) groups is 1. The topological polar surface area (TPSA) is 32.3 Å². The van der Waals surface area contributed by atoms with E-state index in [0.717, 1.165) is 18.2 Å². The molecule has 1 unspecified atom stereocenters. The molecule has 0 saturated carbocycles. The quantitative estimate of drug-likeness (QED) is 0.878. The number of nitrogens with one attached hydrogen (secondary N) is 1. The van der Waals surface area contributed by atoms with Crippen molar-refractivity contribution in [1.82, 2.24) is 4.90 Å². The third-order valence-corrected chi connectivity index (χ3v) is 2.69. The molecule has 1 rings (SSSR count). The van der Waals surface area contributed by atoms with Crippen LogP contribution in [0.3, 0.4) is 0 Å². The Morgan fingerprint density at radius 3 is 2.17 bits per heavy atom. The fourth-order valence-corrected chi connectivity index (χ4v) is 1.76. The number of hydrogen-bond donors (Lipinski definition) is 1. The highest BCUT2D eigenvalue weighted by molar-refractivity contribution is 5.84. The predicted molar refractivity (Wildman–Crippen MR) is 67.4 cm³/mol. The zero-order valence-corrected chi connectivity index (χ0v) is 10.8. The van der Waals surface area contributed by atoms with E-state index in [2.05, 4.69) is 5.32 Å². The van der Waals surface area contributed by atoms with Crippen LogP contribution in [0, 0.1) is 11.6 Å². The van der Waals surface area contributed by atoms with Crippen molar-refractivity contribution in [2.45, 2.75) is 26.8 Å². The number of likely N-dealkylation sites (N-methyl/N-ethyl adjacent to an activating group) is 1. The summed E-state index contributed by atoms with van der Waals surface area (Å²) in [5.74, 6) is -1.43. The van der Waals surface area contributed by atoms with E-state index in [1.165, 1.54) is 0 Å². The first-order chi connectivity index (χ1) is 8.47. The Bertz CT molecular complexity index is 399. The minimum absolute atomic E-state index is 0.0929. The number of amides is 1. The lowest BCUT2D eigenvalue weighted by Crippen LogP contribution is -2.41. The Morgan fingerprint density at radius 1 is 1.22 bits per heavy atom. The van der Waals surface area contributed by atoms with Gasteiger partial charge in [0, 0.05) is 24.8 Å². The van der Waals surface area contributed by atoms with Gasteiger partial charge in [-0.15, -0.1) is 0 Å². The van der Waals surface area contributed by atoms with Crippen LogP contribution in [0.15, 0.2) is 18.2 Å². The standard InChI is InChI=1S/C13H18F2N2O/c1-4-17(5-2)13(18)9(3)16-12-7-10(14)6-11(15)8-12/h6-9,16H,4-5H2,1-3H3. The predicted octanol–water partition coefficient (Wildman–Crippen LogP) is 2.63. The summed E-state index contributed by atoms with van der Waals surface area (Å²) in [5.41, 5.74) is 0.264. The summed E-state index contributed by atoms with van der Waals surface area (Å²) < 4.78 is 26.0. The summed E-state index contributed by atoms with van der Waals surface area (Å²) in [6, 6.07) is 2.60. The smallest absolute Gasteiger partial charge is 0.244 e. The van der Waals surface area contributed by atoms with Crippen molar-refractivity contribution < 1.29 is 13.6 Å². The number of rotatable bonds is 5. The van der Waals surface area contributed by atoms with E-state index in [4.69, 9.17) is 0 Å². The fraction of sp³-hybridized carbons (Fsp3) is 0.462. The highest BCUT2D eigenvalue weighted by atomic mass is 19.1. The second-order valence-corrected chi connectivity index (χ2v) is 4.03. The van der Waals surface area contributed by atoms with Crippen LogP contribution in [0.5, 0.6) is 0 Å². The van der Waals surface area contributed by atoms with Gasteiger partial charge in [-0.25, -0.2) is 8.78 Å². The molecular weight excluding hydrogens is 238 g/mol. The first kappa shape index (κ1) is 14.4. The number of carbonyl (C=O) groups excluding carboxylic acids is 1. The van der Waals surface area contributed by atoms with Gasteiger partial charge in [-0.2, -0.15) is 0 Å².